The first-order valence-electron chi connectivity index (χ1n) is 11.0. The standard InChI is InChI=1S/C25H28N2O4S/c28-21-15-31-22-13-14-27(24(21)22)25(30)20(17-32-16-19-9-5-2-6-10-19)26-23(29)12-11-18-7-3-1-4-8-18/h1-10,20,22,24H,11-17H2,(H,26,29)/t20-,22?,24?/m0/s1. The van der Waals surface area contributed by atoms with Gasteiger partial charge in [0.2, 0.25) is 11.8 Å². The van der Waals surface area contributed by atoms with Crippen molar-refractivity contribution in [3.8, 4) is 0 Å². The van der Waals surface area contributed by atoms with E-state index in [9.17, 15) is 14.4 Å². The summed E-state index contributed by atoms with van der Waals surface area (Å²) in [5, 5.41) is 2.94. The Bertz CT molecular complexity index is 937. The first kappa shape index (κ1) is 22.6. The fraction of sp³-hybridized carbons (Fsp3) is 0.400. The van der Waals surface area contributed by atoms with Crippen molar-refractivity contribution in [1.82, 2.24) is 10.2 Å². The van der Waals surface area contributed by atoms with Gasteiger partial charge in [-0.1, -0.05) is 60.7 Å². The molecule has 2 saturated heterocycles. The van der Waals surface area contributed by atoms with E-state index >= 15 is 0 Å². The van der Waals surface area contributed by atoms with Crippen LogP contribution in [-0.4, -0.2) is 59.6 Å². The molecular formula is C25H28N2O4S. The maximum atomic E-state index is 13.4. The van der Waals surface area contributed by atoms with Crippen LogP contribution in [0.2, 0.25) is 0 Å². The molecule has 0 spiro atoms. The van der Waals surface area contributed by atoms with Crippen molar-refractivity contribution in [3.63, 3.8) is 0 Å². The molecule has 0 aromatic heterocycles. The number of nitrogens with zero attached hydrogens (tertiary/aromatic N) is 1. The van der Waals surface area contributed by atoms with Crippen LogP contribution in [0, 0.1) is 0 Å². The molecule has 0 aliphatic carbocycles. The molecule has 1 N–H and O–H groups in total. The van der Waals surface area contributed by atoms with Gasteiger partial charge in [-0.25, -0.2) is 0 Å². The van der Waals surface area contributed by atoms with Gasteiger partial charge in [-0.05, 0) is 24.0 Å². The van der Waals surface area contributed by atoms with Gasteiger partial charge >= 0.3 is 0 Å². The monoisotopic (exact) mass is 452 g/mol. The van der Waals surface area contributed by atoms with Gasteiger partial charge in [0.05, 0.1) is 6.10 Å². The molecule has 6 nitrogen and oxygen atoms in total. The van der Waals surface area contributed by atoms with Gasteiger partial charge in [-0.15, -0.1) is 0 Å². The number of hydrogen-bond acceptors (Lipinski definition) is 5. The van der Waals surface area contributed by atoms with Crippen molar-refractivity contribution in [2.45, 2.75) is 43.2 Å². The zero-order valence-electron chi connectivity index (χ0n) is 17.9. The Hall–Kier alpha value is -2.64. The number of amides is 2. The molecule has 2 aromatic rings. The lowest BCUT2D eigenvalue weighted by Crippen LogP contribution is -2.53. The Labute approximate surface area is 192 Å². The zero-order chi connectivity index (χ0) is 22.3. The summed E-state index contributed by atoms with van der Waals surface area (Å²) in [5.74, 6) is 0.806. The van der Waals surface area contributed by atoms with Crippen LogP contribution in [0.4, 0.5) is 0 Å². The average Bonchev–Trinajstić information content (AvgIpc) is 3.41. The fourth-order valence-electron chi connectivity index (χ4n) is 4.25. The van der Waals surface area contributed by atoms with Crippen LogP contribution in [-0.2, 0) is 31.3 Å². The van der Waals surface area contributed by atoms with Crippen LogP contribution in [0.3, 0.4) is 0 Å². The summed E-state index contributed by atoms with van der Waals surface area (Å²) in [6.45, 7) is 0.551. The third-order valence-electron chi connectivity index (χ3n) is 5.91. The molecule has 2 fully saturated rings. The third kappa shape index (κ3) is 5.58. The van der Waals surface area contributed by atoms with Crippen LogP contribution >= 0.6 is 11.8 Å². The number of likely N-dealkylation sites (tertiary alicyclic amines) is 1. The number of rotatable bonds is 9. The van der Waals surface area contributed by atoms with Gasteiger partial charge in [-0.3, -0.25) is 14.4 Å². The molecule has 4 rings (SSSR count). The minimum atomic E-state index is -0.667. The number of aryl methyl sites for hydroxylation is 1. The number of carbonyl (C=O) groups is 3. The van der Waals surface area contributed by atoms with E-state index in [-0.39, 0.29) is 30.3 Å². The molecule has 0 saturated carbocycles. The molecule has 2 heterocycles. The summed E-state index contributed by atoms with van der Waals surface area (Å²) in [7, 11) is 0. The minimum Gasteiger partial charge on any atom is -0.368 e. The summed E-state index contributed by atoms with van der Waals surface area (Å²) in [5.41, 5.74) is 2.25. The zero-order valence-corrected chi connectivity index (χ0v) is 18.8. The SMILES string of the molecule is O=C(CCc1ccccc1)N[C@@H](CSCc1ccccc1)C(=O)N1CCC2OCC(=O)C21. The molecule has 2 aromatic carbocycles. The number of carbonyl (C=O) groups excluding carboxylic acids is 3. The molecule has 2 amide bonds. The normalized spacial score (nSPS) is 20.8. The molecule has 3 atom stereocenters. The number of fused-ring (bicyclic) bond motifs is 1. The smallest absolute Gasteiger partial charge is 0.246 e. The van der Waals surface area contributed by atoms with E-state index in [1.807, 2.05) is 60.7 Å². The third-order valence-corrected chi connectivity index (χ3v) is 7.01. The van der Waals surface area contributed by atoms with E-state index in [0.29, 0.717) is 31.6 Å². The second-order valence-electron chi connectivity index (χ2n) is 8.19. The van der Waals surface area contributed by atoms with Gasteiger partial charge in [0, 0.05) is 24.5 Å². The van der Waals surface area contributed by atoms with Crippen LogP contribution in [0.15, 0.2) is 60.7 Å². The predicted molar refractivity (Wildman–Crippen MR) is 124 cm³/mol. The first-order chi connectivity index (χ1) is 15.6. The van der Waals surface area contributed by atoms with Crippen molar-refractivity contribution >= 4 is 29.4 Å². The van der Waals surface area contributed by atoms with E-state index in [0.717, 1.165) is 11.3 Å². The van der Waals surface area contributed by atoms with E-state index in [2.05, 4.69) is 5.32 Å². The maximum Gasteiger partial charge on any atom is 0.246 e. The van der Waals surface area contributed by atoms with E-state index in [1.54, 1.807) is 16.7 Å². The molecule has 32 heavy (non-hydrogen) atoms. The van der Waals surface area contributed by atoms with Crippen molar-refractivity contribution in [3.05, 3.63) is 71.8 Å². The maximum absolute atomic E-state index is 13.4. The molecule has 7 heteroatoms. The lowest BCUT2D eigenvalue weighted by atomic mass is 10.1. The predicted octanol–water partition coefficient (Wildman–Crippen LogP) is 2.61. The number of ketones is 1. The second kappa shape index (κ2) is 10.8. The number of nitrogens with one attached hydrogen (secondary N) is 1. The number of hydrogen-bond donors (Lipinski definition) is 1. The van der Waals surface area contributed by atoms with Crippen molar-refractivity contribution in [1.29, 1.82) is 0 Å². The Morgan fingerprint density at radius 2 is 1.75 bits per heavy atom. The van der Waals surface area contributed by atoms with Crippen LogP contribution < -0.4 is 5.32 Å². The van der Waals surface area contributed by atoms with E-state index < -0.39 is 12.1 Å². The Morgan fingerprint density at radius 3 is 2.47 bits per heavy atom. The van der Waals surface area contributed by atoms with Gasteiger partial charge in [0.1, 0.15) is 18.7 Å². The van der Waals surface area contributed by atoms with E-state index in [4.69, 9.17) is 4.74 Å². The van der Waals surface area contributed by atoms with Gasteiger partial charge in [0.25, 0.3) is 0 Å². The van der Waals surface area contributed by atoms with Crippen LogP contribution in [0.1, 0.15) is 24.0 Å². The molecule has 2 aliphatic heterocycles. The first-order valence-corrected chi connectivity index (χ1v) is 12.2. The lowest BCUT2D eigenvalue weighted by Gasteiger charge is -2.27. The number of ether oxygens (including phenoxy) is 1. The van der Waals surface area contributed by atoms with Crippen molar-refractivity contribution < 1.29 is 19.1 Å². The van der Waals surface area contributed by atoms with Crippen molar-refractivity contribution in [2.75, 3.05) is 18.9 Å². The average molecular weight is 453 g/mol. The highest BCUT2D eigenvalue weighted by Crippen LogP contribution is 2.28. The Kier molecular flexibility index (Phi) is 7.60. The van der Waals surface area contributed by atoms with Crippen LogP contribution in [0.25, 0.3) is 0 Å². The summed E-state index contributed by atoms with van der Waals surface area (Å²) >= 11 is 1.61. The summed E-state index contributed by atoms with van der Waals surface area (Å²) in [6.07, 6.45) is 1.38. The highest BCUT2D eigenvalue weighted by molar-refractivity contribution is 7.98. The molecule has 0 bridgehead atoms. The highest BCUT2D eigenvalue weighted by atomic mass is 32.2. The summed E-state index contributed by atoms with van der Waals surface area (Å²) in [4.78, 5) is 39.9. The van der Waals surface area contributed by atoms with Crippen molar-refractivity contribution in [2.24, 2.45) is 0 Å². The van der Waals surface area contributed by atoms with Gasteiger partial charge < -0.3 is 15.0 Å². The quantitative estimate of drug-likeness (QED) is 0.633. The molecule has 2 unspecified atom stereocenters. The lowest BCUT2D eigenvalue weighted by molar-refractivity contribution is -0.139. The molecule has 2 aliphatic rings. The molecule has 0 radical (unpaired) electrons. The summed E-state index contributed by atoms with van der Waals surface area (Å²) in [6, 6.07) is 18.7. The van der Waals surface area contributed by atoms with E-state index in [1.165, 1.54) is 5.56 Å². The minimum absolute atomic E-state index is 0.0491. The second-order valence-corrected chi connectivity index (χ2v) is 9.22. The largest absolute Gasteiger partial charge is 0.368 e. The van der Waals surface area contributed by atoms with Gasteiger partial charge in [-0.2, -0.15) is 11.8 Å². The number of Topliss-reactive ketones (excluding diaryl/α,β-unsaturated/α-hetero) is 1. The Morgan fingerprint density at radius 1 is 1.06 bits per heavy atom. The fourth-order valence-corrected chi connectivity index (χ4v) is 5.26. The Balaban J connectivity index is 1.39. The van der Waals surface area contributed by atoms with Crippen LogP contribution in [0.5, 0.6) is 0 Å². The topological polar surface area (TPSA) is 75.7 Å². The highest BCUT2D eigenvalue weighted by Gasteiger charge is 2.47. The number of benzene rings is 2. The van der Waals surface area contributed by atoms with Gasteiger partial charge in [0.15, 0.2) is 5.78 Å². The molecule has 168 valence electrons. The molecular weight excluding hydrogens is 424 g/mol. The summed E-state index contributed by atoms with van der Waals surface area (Å²) < 4.78 is 5.52. The number of thioether (sulfide) groups is 1.